The van der Waals surface area contributed by atoms with Crippen LogP contribution in [0.15, 0.2) is 12.3 Å². The molecule has 0 bridgehead atoms. The third-order valence-corrected chi connectivity index (χ3v) is 1.74. The molecule has 1 heterocycles. The first-order valence-corrected chi connectivity index (χ1v) is 4.44. The standard InChI is InChI=1S/C9H14N4O/c1-6(5-10)12-9(14)8-3-4-11-7(2)13-8/h3-4,6H,5,10H2,1-2H3,(H,12,14). The van der Waals surface area contributed by atoms with Crippen LogP contribution >= 0.6 is 0 Å². The van der Waals surface area contributed by atoms with Gasteiger partial charge in [-0.2, -0.15) is 0 Å². The first-order valence-electron chi connectivity index (χ1n) is 4.44. The second kappa shape index (κ2) is 4.66. The van der Waals surface area contributed by atoms with Crippen molar-refractivity contribution >= 4 is 5.91 Å². The van der Waals surface area contributed by atoms with Gasteiger partial charge < -0.3 is 11.1 Å². The molecule has 1 aromatic rings. The zero-order valence-corrected chi connectivity index (χ0v) is 8.32. The van der Waals surface area contributed by atoms with Gasteiger partial charge in [0.05, 0.1) is 0 Å². The van der Waals surface area contributed by atoms with Gasteiger partial charge in [0.15, 0.2) is 0 Å². The SMILES string of the molecule is Cc1nccc(C(=O)NC(C)CN)n1. The fourth-order valence-corrected chi connectivity index (χ4v) is 0.939. The number of nitrogens with zero attached hydrogens (tertiary/aromatic N) is 2. The van der Waals surface area contributed by atoms with E-state index in [9.17, 15) is 4.79 Å². The zero-order chi connectivity index (χ0) is 10.6. The molecule has 0 saturated carbocycles. The molecule has 0 aliphatic rings. The molecule has 0 saturated heterocycles. The van der Waals surface area contributed by atoms with Gasteiger partial charge in [-0.1, -0.05) is 0 Å². The Balaban J connectivity index is 2.70. The number of nitrogens with two attached hydrogens (primary N) is 1. The van der Waals surface area contributed by atoms with Crippen molar-refractivity contribution in [1.29, 1.82) is 0 Å². The predicted molar refractivity (Wildman–Crippen MR) is 52.8 cm³/mol. The van der Waals surface area contributed by atoms with Crippen molar-refractivity contribution < 1.29 is 4.79 Å². The maximum absolute atomic E-state index is 11.5. The summed E-state index contributed by atoms with van der Waals surface area (Å²) in [6.07, 6.45) is 1.56. The van der Waals surface area contributed by atoms with Crippen LogP contribution in [0.4, 0.5) is 0 Å². The van der Waals surface area contributed by atoms with Crippen LogP contribution in [0.1, 0.15) is 23.2 Å². The summed E-state index contributed by atoms with van der Waals surface area (Å²) in [6.45, 7) is 3.99. The summed E-state index contributed by atoms with van der Waals surface area (Å²) in [6, 6.07) is 1.53. The number of nitrogens with one attached hydrogen (secondary N) is 1. The Hall–Kier alpha value is -1.49. The van der Waals surface area contributed by atoms with E-state index < -0.39 is 0 Å². The number of rotatable bonds is 3. The molecule has 5 heteroatoms. The second-order valence-corrected chi connectivity index (χ2v) is 3.10. The van der Waals surface area contributed by atoms with Crippen molar-refractivity contribution in [3.8, 4) is 0 Å². The van der Waals surface area contributed by atoms with Crippen LogP contribution in [0.5, 0.6) is 0 Å². The minimum absolute atomic E-state index is 0.0437. The van der Waals surface area contributed by atoms with Crippen LogP contribution in [-0.2, 0) is 0 Å². The molecule has 0 radical (unpaired) electrons. The number of amides is 1. The fourth-order valence-electron chi connectivity index (χ4n) is 0.939. The van der Waals surface area contributed by atoms with Crippen LogP contribution in [0.2, 0.25) is 0 Å². The highest BCUT2D eigenvalue weighted by atomic mass is 16.1. The monoisotopic (exact) mass is 194 g/mol. The van der Waals surface area contributed by atoms with Gasteiger partial charge in [0.2, 0.25) is 0 Å². The third kappa shape index (κ3) is 2.77. The summed E-state index contributed by atoms with van der Waals surface area (Å²) in [5.74, 6) is 0.367. The van der Waals surface area contributed by atoms with E-state index >= 15 is 0 Å². The molecular weight excluding hydrogens is 180 g/mol. The third-order valence-electron chi connectivity index (χ3n) is 1.74. The van der Waals surface area contributed by atoms with E-state index in [0.29, 0.717) is 18.1 Å². The number of carbonyl (C=O) groups is 1. The van der Waals surface area contributed by atoms with Crippen LogP contribution in [0.3, 0.4) is 0 Å². The predicted octanol–water partition coefficient (Wildman–Crippen LogP) is -0.138. The Labute approximate surface area is 82.7 Å². The van der Waals surface area contributed by atoms with Crippen LogP contribution in [-0.4, -0.2) is 28.5 Å². The molecule has 14 heavy (non-hydrogen) atoms. The van der Waals surface area contributed by atoms with Crippen LogP contribution in [0, 0.1) is 6.92 Å². The number of hydrogen-bond donors (Lipinski definition) is 2. The Morgan fingerprint density at radius 2 is 2.43 bits per heavy atom. The van der Waals surface area contributed by atoms with Crippen molar-refractivity contribution in [3.05, 3.63) is 23.8 Å². The number of aryl methyl sites for hydroxylation is 1. The highest BCUT2D eigenvalue weighted by Gasteiger charge is 2.09. The largest absolute Gasteiger partial charge is 0.347 e. The molecule has 0 fully saturated rings. The number of aromatic nitrogens is 2. The van der Waals surface area contributed by atoms with Crippen molar-refractivity contribution in [2.24, 2.45) is 5.73 Å². The lowest BCUT2D eigenvalue weighted by Crippen LogP contribution is -2.38. The van der Waals surface area contributed by atoms with Crippen molar-refractivity contribution in [1.82, 2.24) is 15.3 Å². The van der Waals surface area contributed by atoms with E-state index in [1.54, 1.807) is 19.2 Å². The number of carbonyl (C=O) groups excluding carboxylic acids is 1. The maximum Gasteiger partial charge on any atom is 0.270 e. The molecule has 3 N–H and O–H groups in total. The second-order valence-electron chi connectivity index (χ2n) is 3.10. The summed E-state index contributed by atoms with van der Waals surface area (Å²) in [7, 11) is 0. The summed E-state index contributed by atoms with van der Waals surface area (Å²) >= 11 is 0. The van der Waals surface area contributed by atoms with Gasteiger partial charge in [0.25, 0.3) is 5.91 Å². The quantitative estimate of drug-likeness (QED) is 0.702. The maximum atomic E-state index is 11.5. The molecule has 0 aliphatic carbocycles. The van der Waals surface area contributed by atoms with Gasteiger partial charge in [-0.25, -0.2) is 9.97 Å². The Morgan fingerprint density at radius 3 is 3.00 bits per heavy atom. The van der Waals surface area contributed by atoms with Crippen LogP contribution in [0.25, 0.3) is 0 Å². The summed E-state index contributed by atoms with van der Waals surface area (Å²) in [5, 5.41) is 2.72. The Bertz CT molecular complexity index is 326. The van der Waals surface area contributed by atoms with Crippen LogP contribution < -0.4 is 11.1 Å². The van der Waals surface area contributed by atoms with Gasteiger partial charge in [-0.05, 0) is 19.9 Å². The van der Waals surface area contributed by atoms with E-state index in [1.807, 2.05) is 6.92 Å². The van der Waals surface area contributed by atoms with Crippen molar-refractivity contribution in [2.75, 3.05) is 6.54 Å². The molecule has 1 atom stereocenters. The van der Waals surface area contributed by atoms with E-state index in [1.165, 1.54) is 0 Å². The van der Waals surface area contributed by atoms with E-state index in [-0.39, 0.29) is 11.9 Å². The Kier molecular flexibility index (Phi) is 3.53. The topological polar surface area (TPSA) is 80.9 Å². The van der Waals surface area contributed by atoms with Gasteiger partial charge in [0, 0.05) is 18.8 Å². The Morgan fingerprint density at radius 1 is 1.71 bits per heavy atom. The normalized spacial score (nSPS) is 12.2. The number of hydrogen-bond acceptors (Lipinski definition) is 4. The summed E-state index contributed by atoms with van der Waals surface area (Å²) in [4.78, 5) is 19.4. The first kappa shape index (κ1) is 10.6. The first-order chi connectivity index (χ1) is 6.63. The zero-order valence-electron chi connectivity index (χ0n) is 8.32. The lowest BCUT2D eigenvalue weighted by Gasteiger charge is -2.10. The minimum Gasteiger partial charge on any atom is -0.347 e. The molecular formula is C9H14N4O. The molecule has 0 aromatic carbocycles. The molecule has 1 rings (SSSR count). The molecule has 5 nitrogen and oxygen atoms in total. The summed E-state index contributed by atoms with van der Waals surface area (Å²) < 4.78 is 0. The van der Waals surface area contributed by atoms with Gasteiger partial charge in [-0.3, -0.25) is 4.79 Å². The average molecular weight is 194 g/mol. The average Bonchev–Trinajstić information content (AvgIpc) is 2.17. The molecule has 1 aromatic heterocycles. The molecule has 1 unspecified atom stereocenters. The lowest BCUT2D eigenvalue weighted by molar-refractivity contribution is 0.0936. The fraction of sp³-hybridized carbons (Fsp3) is 0.444. The molecule has 0 aliphatic heterocycles. The van der Waals surface area contributed by atoms with E-state index in [2.05, 4.69) is 15.3 Å². The van der Waals surface area contributed by atoms with Gasteiger partial charge in [-0.15, -0.1) is 0 Å². The van der Waals surface area contributed by atoms with Crippen molar-refractivity contribution in [2.45, 2.75) is 19.9 Å². The minimum atomic E-state index is -0.214. The van der Waals surface area contributed by atoms with E-state index in [4.69, 9.17) is 5.73 Å². The molecule has 76 valence electrons. The smallest absolute Gasteiger partial charge is 0.270 e. The van der Waals surface area contributed by atoms with Gasteiger partial charge >= 0.3 is 0 Å². The van der Waals surface area contributed by atoms with E-state index in [0.717, 1.165) is 0 Å². The van der Waals surface area contributed by atoms with Gasteiger partial charge in [0.1, 0.15) is 11.5 Å². The van der Waals surface area contributed by atoms with Crippen molar-refractivity contribution in [3.63, 3.8) is 0 Å². The molecule has 1 amide bonds. The highest BCUT2D eigenvalue weighted by Crippen LogP contribution is 1.95. The summed E-state index contributed by atoms with van der Waals surface area (Å²) in [5.41, 5.74) is 5.75. The molecule has 0 spiro atoms. The lowest BCUT2D eigenvalue weighted by atomic mass is 10.3. The highest BCUT2D eigenvalue weighted by molar-refractivity contribution is 5.92.